The van der Waals surface area contributed by atoms with Crippen molar-refractivity contribution in [3.8, 4) is 0 Å². The minimum Gasteiger partial charge on any atom is -0.325 e. The number of rotatable bonds is 9. The molecule has 0 aliphatic rings. The Morgan fingerprint density at radius 1 is 0.698 bits per heavy atom. The molecule has 0 saturated carbocycles. The third kappa shape index (κ3) is 8.26. The summed E-state index contributed by atoms with van der Waals surface area (Å²) >= 11 is 13.3. The van der Waals surface area contributed by atoms with Gasteiger partial charge < -0.3 is 16.0 Å². The van der Waals surface area contributed by atoms with E-state index in [0.29, 0.717) is 27.0 Å². The highest BCUT2D eigenvalue weighted by Gasteiger charge is 2.16. The van der Waals surface area contributed by atoms with E-state index >= 15 is 0 Å². The van der Waals surface area contributed by atoms with Crippen molar-refractivity contribution in [2.75, 3.05) is 16.4 Å². The molecule has 0 spiro atoms. The molecular formula is C34H25Cl2N3O3S. The largest absolute Gasteiger partial charge is 0.325 e. The normalized spacial score (nSPS) is 11.2. The number of carbonyl (C=O) groups excluding carboxylic acids is 3. The van der Waals surface area contributed by atoms with Crippen molar-refractivity contribution in [1.29, 1.82) is 0 Å². The van der Waals surface area contributed by atoms with Gasteiger partial charge in [0.05, 0.1) is 5.75 Å². The second kappa shape index (κ2) is 14.1. The first-order valence-corrected chi connectivity index (χ1v) is 14.9. The van der Waals surface area contributed by atoms with Crippen molar-refractivity contribution in [2.45, 2.75) is 4.90 Å². The molecule has 0 aliphatic carbocycles. The number of nitrogens with one attached hydrogen (secondary N) is 3. The number of hydrogen-bond acceptors (Lipinski definition) is 4. The van der Waals surface area contributed by atoms with Crippen LogP contribution in [0.5, 0.6) is 0 Å². The Bertz CT molecular complexity index is 1800. The van der Waals surface area contributed by atoms with Crippen LogP contribution in [0.15, 0.2) is 126 Å². The summed E-state index contributed by atoms with van der Waals surface area (Å²) in [4.78, 5) is 39.7. The minimum atomic E-state index is -0.475. The average molecular weight is 627 g/mol. The zero-order valence-corrected chi connectivity index (χ0v) is 25.0. The third-order valence-electron chi connectivity index (χ3n) is 6.28. The molecule has 0 atom stereocenters. The van der Waals surface area contributed by atoms with Gasteiger partial charge >= 0.3 is 0 Å². The molecule has 43 heavy (non-hydrogen) atoms. The fourth-order valence-corrected chi connectivity index (χ4v) is 5.50. The van der Waals surface area contributed by atoms with E-state index in [1.54, 1.807) is 72.8 Å². The molecular weight excluding hydrogens is 601 g/mol. The van der Waals surface area contributed by atoms with Crippen molar-refractivity contribution in [2.24, 2.45) is 0 Å². The highest BCUT2D eigenvalue weighted by molar-refractivity contribution is 8.00. The lowest BCUT2D eigenvalue weighted by Gasteiger charge is -2.13. The molecule has 214 valence electrons. The first-order chi connectivity index (χ1) is 20.8. The second-order valence-electron chi connectivity index (χ2n) is 9.42. The zero-order chi connectivity index (χ0) is 30.2. The molecule has 0 saturated heterocycles. The smallest absolute Gasteiger partial charge is 0.272 e. The van der Waals surface area contributed by atoms with Crippen molar-refractivity contribution in [3.63, 3.8) is 0 Å². The van der Waals surface area contributed by atoms with Crippen LogP contribution >= 0.6 is 35.0 Å². The number of anilines is 2. The van der Waals surface area contributed by atoms with E-state index in [4.69, 9.17) is 23.2 Å². The summed E-state index contributed by atoms with van der Waals surface area (Å²) in [7, 11) is 0. The Labute approximate surface area is 263 Å². The van der Waals surface area contributed by atoms with E-state index in [1.165, 1.54) is 11.8 Å². The Morgan fingerprint density at radius 2 is 1.37 bits per heavy atom. The zero-order valence-electron chi connectivity index (χ0n) is 22.6. The van der Waals surface area contributed by atoms with Gasteiger partial charge in [-0.1, -0.05) is 83.9 Å². The van der Waals surface area contributed by atoms with Crippen LogP contribution in [0.1, 0.15) is 15.9 Å². The quantitative estimate of drug-likeness (QED) is 0.114. The van der Waals surface area contributed by atoms with Crippen LogP contribution in [0.25, 0.3) is 16.8 Å². The predicted molar refractivity (Wildman–Crippen MR) is 177 cm³/mol. The van der Waals surface area contributed by atoms with E-state index < -0.39 is 11.8 Å². The number of hydrogen-bond donors (Lipinski definition) is 3. The highest BCUT2D eigenvalue weighted by Crippen LogP contribution is 2.25. The second-order valence-corrected chi connectivity index (χ2v) is 11.3. The number of carbonyl (C=O) groups is 3. The van der Waals surface area contributed by atoms with Gasteiger partial charge in [0.2, 0.25) is 5.91 Å². The summed E-state index contributed by atoms with van der Waals surface area (Å²) in [5, 5.41) is 11.3. The van der Waals surface area contributed by atoms with E-state index in [2.05, 4.69) is 16.0 Å². The van der Waals surface area contributed by atoms with Gasteiger partial charge in [0.25, 0.3) is 11.8 Å². The Hall–Kier alpha value is -4.56. The van der Waals surface area contributed by atoms with Crippen LogP contribution in [0.3, 0.4) is 0 Å². The lowest BCUT2D eigenvalue weighted by Crippen LogP contribution is -2.30. The van der Waals surface area contributed by atoms with Crippen LogP contribution in [0.4, 0.5) is 11.4 Å². The molecule has 0 unspecified atom stereocenters. The van der Waals surface area contributed by atoms with E-state index in [1.807, 2.05) is 48.5 Å². The first-order valence-electron chi connectivity index (χ1n) is 13.2. The van der Waals surface area contributed by atoms with Crippen LogP contribution in [0.2, 0.25) is 10.0 Å². The fraction of sp³-hybridized carbons (Fsp3) is 0.0294. The maximum absolute atomic E-state index is 13.5. The monoisotopic (exact) mass is 625 g/mol. The fourth-order valence-electron chi connectivity index (χ4n) is 4.28. The third-order valence-corrected chi connectivity index (χ3v) is 7.73. The number of amides is 3. The molecule has 0 aliphatic heterocycles. The lowest BCUT2D eigenvalue weighted by atomic mass is 10.0. The number of fused-ring (bicyclic) bond motifs is 1. The van der Waals surface area contributed by atoms with Crippen LogP contribution in [-0.2, 0) is 9.59 Å². The van der Waals surface area contributed by atoms with Gasteiger partial charge in [-0.25, -0.2) is 0 Å². The van der Waals surface area contributed by atoms with Gasteiger partial charge in [-0.2, -0.15) is 0 Å². The topological polar surface area (TPSA) is 87.3 Å². The molecule has 0 fully saturated rings. The number of thioether (sulfide) groups is 1. The molecule has 5 aromatic rings. The number of halogens is 2. The minimum absolute atomic E-state index is 0.0986. The van der Waals surface area contributed by atoms with Gasteiger partial charge in [0, 0.05) is 31.9 Å². The van der Waals surface area contributed by atoms with E-state index in [9.17, 15) is 14.4 Å². The van der Waals surface area contributed by atoms with Gasteiger partial charge in [0.1, 0.15) is 5.70 Å². The van der Waals surface area contributed by atoms with Gasteiger partial charge in [0.15, 0.2) is 0 Å². The average Bonchev–Trinajstić information content (AvgIpc) is 3.00. The summed E-state index contributed by atoms with van der Waals surface area (Å²) in [6.07, 6.45) is 1.68. The molecule has 0 aromatic heterocycles. The molecule has 3 N–H and O–H groups in total. The first kappa shape index (κ1) is 29.9. The van der Waals surface area contributed by atoms with E-state index in [0.717, 1.165) is 21.2 Å². The molecule has 0 radical (unpaired) electrons. The predicted octanol–water partition coefficient (Wildman–Crippen LogP) is 8.29. The maximum atomic E-state index is 13.5. The molecule has 5 rings (SSSR count). The molecule has 3 amide bonds. The Morgan fingerprint density at radius 3 is 2.12 bits per heavy atom. The lowest BCUT2D eigenvalue weighted by molar-refractivity contribution is -0.114. The van der Waals surface area contributed by atoms with Crippen LogP contribution in [0, 0.1) is 0 Å². The highest BCUT2D eigenvalue weighted by atomic mass is 35.5. The van der Waals surface area contributed by atoms with Crippen LogP contribution < -0.4 is 16.0 Å². The molecule has 9 heteroatoms. The van der Waals surface area contributed by atoms with E-state index in [-0.39, 0.29) is 17.4 Å². The van der Waals surface area contributed by atoms with Crippen molar-refractivity contribution in [1.82, 2.24) is 5.32 Å². The maximum Gasteiger partial charge on any atom is 0.272 e. The van der Waals surface area contributed by atoms with Gasteiger partial charge in [-0.3, -0.25) is 14.4 Å². The summed E-state index contributed by atoms with van der Waals surface area (Å²) in [6.45, 7) is 0. The van der Waals surface area contributed by atoms with Gasteiger partial charge in [-0.15, -0.1) is 11.8 Å². The number of benzene rings is 5. The summed E-state index contributed by atoms with van der Waals surface area (Å²) in [5.74, 6) is -0.915. The molecule has 0 bridgehead atoms. The SMILES string of the molecule is O=C(CSc1ccc(NC(=O)/C(=C/c2cccc3ccccc23)NC(=O)c2ccccc2)cc1)Nc1cc(Cl)cc(Cl)c1. The summed E-state index contributed by atoms with van der Waals surface area (Å²) in [5.41, 5.74) is 2.38. The van der Waals surface area contributed by atoms with Crippen molar-refractivity contribution in [3.05, 3.63) is 142 Å². The Balaban J connectivity index is 1.28. The van der Waals surface area contributed by atoms with Crippen molar-refractivity contribution < 1.29 is 14.4 Å². The van der Waals surface area contributed by atoms with Gasteiger partial charge in [-0.05, 0) is 77.0 Å². The molecule has 0 heterocycles. The standard InChI is InChI=1S/C34H25Cl2N3O3S/c35-25-18-26(36)20-28(19-25)37-32(40)21-43-29-15-13-27(14-16-29)38-34(42)31(39-33(41)23-8-2-1-3-9-23)17-24-11-6-10-22-7-4-5-12-30(22)24/h1-20H,21H2,(H,37,40)(H,38,42)(H,39,41)/b31-17-. The Kier molecular flexibility index (Phi) is 9.79. The molecule has 6 nitrogen and oxygen atoms in total. The summed E-state index contributed by atoms with van der Waals surface area (Å²) < 4.78 is 0. The summed E-state index contributed by atoms with van der Waals surface area (Å²) in [6, 6.07) is 34.3. The molecule has 5 aromatic carbocycles. The van der Waals surface area contributed by atoms with Crippen molar-refractivity contribution >= 4 is 80.9 Å². The van der Waals surface area contributed by atoms with Crippen LogP contribution in [-0.4, -0.2) is 23.5 Å².